The van der Waals surface area contributed by atoms with E-state index in [0.29, 0.717) is 0 Å². The summed E-state index contributed by atoms with van der Waals surface area (Å²) < 4.78 is 13.3. The van der Waals surface area contributed by atoms with Gasteiger partial charge < -0.3 is 5.11 Å². The van der Waals surface area contributed by atoms with E-state index in [1.807, 2.05) is 32.9 Å². The maximum atomic E-state index is 13.3. The van der Waals surface area contributed by atoms with Gasteiger partial charge in [-0.3, -0.25) is 0 Å². The van der Waals surface area contributed by atoms with Gasteiger partial charge in [-0.2, -0.15) is 0 Å². The molecule has 2 rings (SSSR count). The number of aryl methyl sites for hydroxylation is 1. The molecule has 1 N–H and O–H groups in total. The summed E-state index contributed by atoms with van der Waals surface area (Å²) in [4.78, 5) is 5.43. The average Bonchev–Trinajstić information content (AvgIpc) is 2.48. The lowest BCUT2D eigenvalue weighted by molar-refractivity contribution is 0.475. The van der Waals surface area contributed by atoms with Crippen molar-refractivity contribution in [1.82, 2.24) is 0 Å². The van der Waals surface area contributed by atoms with Crippen LogP contribution in [0.15, 0.2) is 58.4 Å². The van der Waals surface area contributed by atoms with Crippen molar-refractivity contribution in [3.05, 3.63) is 65.5 Å². The van der Waals surface area contributed by atoms with Crippen LogP contribution in [0.3, 0.4) is 0 Å². The van der Waals surface area contributed by atoms with Gasteiger partial charge in [-0.25, -0.2) is 9.38 Å². The molecule has 0 unspecified atom stereocenters. The molecule has 0 fully saturated rings. The number of allylic oxidation sites excluding steroid dienone is 1. The van der Waals surface area contributed by atoms with E-state index < -0.39 is 0 Å². The monoisotopic (exact) mass is 315 g/mol. The largest absolute Gasteiger partial charge is 0.508 e. The van der Waals surface area contributed by atoms with Gasteiger partial charge in [0.05, 0.1) is 10.7 Å². The molecular formula is C18H18FNOS. The van der Waals surface area contributed by atoms with Gasteiger partial charge in [0.1, 0.15) is 11.6 Å². The SMILES string of the molecule is C/C=C(\N=C(C)Sc1cc(F)ccc1C)c1cccc(O)c1. The van der Waals surface area contributed by atoms with Crippen LogP contribution in [0, 0.1) is 12.7 Å². The number of rotatable bonds is 3. The number of hydrogen-bond donors (Lipinski definition) is 1. The molecule has 114 valence electrons. The van der Waals surface area contributed by atoms with E-state index in [1.165, 1.54) is 23.9 Å². The average molecular weight is 315 g/mol. The van der Waals surface area contributed by atoms with Gasteiger partial charge >= 0.3 is 0 Å². The van der Waals surface area contributed by atoms with Crippen molar-refractivity contribution in [2.24, 2.45) is 4.99 Å². The molecule has 2 aromatic rings. The van der Waals surface area contributed by atoms with Gasteiger partial charge in [0.15, 0.2) is 0 Å². The van der Waals surface area contributed by atoms with Gasteiger partial charge in [-0.15, -0.1) is 0 Å². The summed E-state index contributed by atoms with van der Waals surface area (Å²) in [7, 11) is 0. The second kappa shape index (κ2) is 7.27. The Bertz CT molecular complexity index is 738. The quantitative estimate of drug-likeness (QED) is 0.466. The van der Waals surface area contributed by atoms with Crippen LogP contribution in [0.2, 0.25) is 0 Å². The Morgan fingerprint density at radius 1 is 1.23 bits per heavy atom. The van der Waals surface area contributed by atoms with Gasteiger partial charge in [0.2, 0.25) is 0 Å². The highest BCUT2D eigenvalue weighted by Crippen LogP contribution is 2.27. The predicted molar refractivity (Wildman–Crippen MR) is 91.9 cm³/mol. The molecule has 2 nitrogen and oxygen atoms in total. The normalized spacial score (nSPS) is 12.5. The molecule has 2 aromatic carbocycles. The number of aliphatic imine (C=N–C) groups is 1. The van der Waals surface area contributed by atoms with E-state index in [2.05, 4.69) is 4.99 Å². The fourth-order valence-corrected chi connectivity index (χ4v) is 2.86. The summed E-state index contributed by atoms with van der Waals surface area (Å²) in [6.45, 7) is 5.73. The van der Waals surface area contributed by atoms with Gasteiger partial charge in [-0.1, -0.05) is 36.0 Å². The summed E-state index contributed by atoms with van der Waals surface area (Å²) in [6, 6.07) is 11.7. The lowest BCUT2D eigenvalue weighted by atomic mass is 10.1. The number of phenolic OH excluding ortho intramolecular Hbond substituents is 1. The van der Waals surface area contributed by atoms with Crippen LogP contribution in [0.5, 0.6) is 5.75 Å². The van der Waals surface area contributed by atoms with Gasteiger partial charge in [0.25, 0.3) is 0 Å². The minimum absolute atomic E-state index is 0.207. The van der Waals surface area contributed by atoms with E-state index in [-0.39, 0.29) is 11.6 Å². The van der Waals surface area contributed by atoms with Crippen LogP contribution in [-0.4, -0.2) is 10.2 Å². The minimum atomic E-state index is -0.250. The Morgan fingerprint density at radius 3 is 2.68 bits per heavy atom. The molecule has 0 aromatic heterocycles. The molecule has 0 aliphatic heterocycles. The molecule has 0 atom stereocenters. The second-order valence-electron chi connectivity index (χ2n) is 4.87. The molecule has 22 heavy (non-hydrogen) atoms. The standard InChI is InChI=1S/C18H18FNOS/c1-4-17(14-6-5-7-16(21)10-14)20-13(3)22-18-11-15(19)9-8-12(18)2/h4-11,21H,1-3H3/b17-4-,20-13?. The fraction of sp³-hybridized carbons (Fsp3) is 0.167. The van der Waals surface area contributed by atoms with Crippen LogP contribution in [0.25, 0.3) is 5.70 Å². The van der Waals surface area contributed by atoms with E-state index in [4.69, 9.17) is 0 Å². The predicted octanol–water partition coefficient (Wildman–Crippen LogP) is 5.41. The van der Waals surface area contributed by atoms with Crippen molar-refractivity contribution >= 4 is 22.5 Å². The zero-order valence-corrected chi connectivity index (χ0v) is 13.6. The first kappa shape index (κ1) is 16.3. The number of nitrogens with zero attached hydrogens (tertiary/aromatic N) is 1. The zero-order chi connectivity index (χ0) is 16.1. The Labute approximate surface area is 134 Å². The summed E-state index contributed by atoms with van der Waals surface area (Å²) >= 11 is 1.43. The van der Waals surface area contributed by atoms with E-state index in [0.717, 1.165) is 26.8 Å². The third kappa shape index (κ3) is 4.21. The van der Waals surface area contributed by atoms with Crippen LogP contribution in [-0.2, 0) is 0 Å². The smallest absolute Gasteiger partial charge is 0.124 e. The second-order valence-corrected chi connectivity index (χ2v) is 6.10. The highest BCUT2D eigenvalue weighted by molar-refractivity contribution is 8.14. The Balaban J connectivity index is 2.25. The maximum Gasteiger partial charge on any atom is 0.124 e. The van der Waals surface area contributed by atoms with Gasteiger partial charge in [-0.05, 0) is 50.6 Å². The number of benzene rings is 2. The Kier molecular flexibility index (Phi) is 5.39. The first-order valence-corrected chi connectivity index (χ1v) is 7.76. The third-order valence-electron chi connectivity index (χ3n) is 3.10. The molecular weight excluding hydrogens is 297 g/mol. The van der Waals surface area contributed by atoms with Crippen LogP contribution in [0.1, 0.15) is 25.0 Å². The summed E-state index contributed by atoms with van der Waals surface area (Å²) in [5, 5.41) is 10.4. The molecule has 0 saturated carbocycles. The molecule has 4 heteroatoms. The maximum absolute atomic E-state index is 13.3. The lowest BCUT2D eigenvalue weighted by Crippen LogP contribution is -1.90. The number of phenols is 1. The van der Waals surface area contributed by atoms with Crippen molar-refractivity contribution in [2.45, 2.75) is 25.7 Å². The first-order chi connectivity index (χ1) is 10.5. The minimum Gasteiger partial charge on any atom is -0.508 e. The Morgan fingerprint density at radius 2 is 2.00 bits per heavy atom. The topological polar surface area (TPSA) is 32.6 Å². The molecule has 0 aliphatic rings. The molecule has 0 amide bonds. The lowest BCUT2D eigenvalue weighted by Gasteiger charge is -2.07. The van der Waals surface area contributed by atoms with Crippen LogP contribution >= 0.6 is 11.8 Å². The van der Waals surface area contributed by atoms with Crippen molar-refractivity contribution in [2.75, 3.05) is 0 Å². The Hall–Kier alpha value is -2.07. The highest BCUT2D eigenvalue weighted by Gasteiger charge is 2.06. The number of hydrogen-bond acceptors (Lipinski definition) is 3. The fourth-order valence-electron chi connectivity index (χ4n) is 2.00. The van der Waals surface area contributed by atoms with Crippen molar-refractivity contribution < 1.29 is 9.50 Å². The van der Waals surface area contributed by atoms with Crippen molar-refractivity contribution in [3.63, 3.8) is 0 Å². The molecule has 0 saturated heterocycles. The van der Waals surface area contributed by atoms with Crippen molar-refractivity contribution in [3.8, 4) is 5.75 Å². The van der Waals surface area contributed by atoms with E-state index in [1.54, 1.807) is 24.3 Å². The van der Waals surface area contributed by atoms with Crippen LogP contribution < -0.4 is 0 Å². The van der Waals surface area contributed by atoms with Gasteiger partial charge in [0, 0.05) is 10.5 Å². The third-order valence-corrected chi connectivity index (χ3v) is 4.15. The van der Waals surface area contributed by atoms with Crippen molar-refractivity contribution in [1.29, 1.82) is 0 Å². The highest BCUT2D eigenvalue weighted by atomic mass is 32.2. The summed E-state index contributed by atoms with van der Waals surface area (Å²) in [5.41, 5.74) is 2.63. The molecule has 0 spiro atoms. The number of aromatic hydroxyl groups is 1. The first-order valence-electron chi connectivity index (χ1n) is 6.94. The van der Waals surface area contributed by atoms with E-state index >= 15 is 0 Å². The molecule has 0 heterocycles. The van der Waals surface area contributed by atoms with E-state index in [9.17, 15) is 9.50 Å². The summed E-state index contributed by atoms with van der Waals surface area (Å²) in [5.74, 6) is -0.0431. The zero-order valence-electron chi connectivity index (χ0n) is 12.8. The van der Waals surface area contributed by atoms with Crippen LogP contribution in [0.4, 0.5) is 4.39 Å². The molecule has 0 bridgehead atoms. The number of thioether (sulfide) groups is 1. The summed E-state index contributed by atoms with van der Waals surface area (Å²) in [6.07, 6.45) is 1.89. The molecule has 0 radical (unpaired) electrons. The molecule has 0 aliphatic carbocycles. The number of halogens is 1.